The lowest BCUT2D eigenvalue weighted by Gasteiger charge is -2.23. The van der Waals surface area contributed by atoms with E-state index < -0.39 is 18.2 Å². The van der Waals surface area contributed by atoms with Crippen LogP contribution < -0.4 is 4.90 Å². The number of halogens is 1. The van der Waals surface area contributed by atoms with Crippen molar-refractivity contribution in [2.75, 3.05) is 11.4 Å². The number of pyridine rings is 1. The van der Waals surface area contributed by atoms with Crippen molar-refractivity contribution in [2.24, 2.45) is 0 Å². The molecule has 1 N–H and O–H groups in total. The van der Waals surface area contributed by atoms with E-state index in [1.54, 1.807) is 0 Å². The highest BCUT2D eigenvalue weighted by Gasteiger charge is 2.36. The van der Waals surface area contributed by atoms with Gasteiger partial charge >= 0.3 is 5.97 Å². The molecular weight excluding hydrogens is 225 g/mol. The van der Waals surface area contributed by atoms with Crippen molar-refractivity contribution in [2.45, 2.75) is 18.6 Å². The molecule has 5 nitrogen and oxygen atoms in total. The molecule has 0 radical (unpaired) electrons. The Hall–Kier alpha value is -2.16. The van der Waals surface area contributed by atoms with Crippen LogP contribution in [-0.2, 0) is 0 Å². The number of nitriles is 1. The lowest BCUT2D eigenvalue weighted by atomic mass is 10.1. The third-order valence-corrected chi connectivity index (χ3v) is 2.80. The van der Waals surface area contributed by atoms with Gasteiger partial charge < -0.3 is 10.0 Å². The summed E-state index contributed by atoms with van der Waals surface area (Å²) in [5, 5.41) is 17.9. The number of aromatic nitrogens is 1. The number of carboxylic acids is 1. The third kappa shape index (κ3) is 1.91. The maximum absolute atomic E-state index is 13.4. The van der Waals surface area contributed by atoms with E-state index in [0.717, 1.165) is 0 Å². The zero-order chi connectivity index (χ0) is 12.4. The summed E-state index contributed by atoms with van der Waals surface area (Å²) >= 11 is 0. The Morgan fingerprint density at radius 1 is 1.71 bits per heavy atom. The average Bonchev–Trinajstić information content (AvgIpc) is 2.70. The second-order valence-corrected chi connectivity index (χ2v) is 3.77. The molecule has 88 valence electrons. The van der Waals surface area contributed by atoms with Crippen LogP contribution in [0.15, 0.2) is 18.5 Å². The molecule has 0 amide bonds. The van der Waals surface area contributed by atoms with E-state index in [1.807, 2.05) is 6.07 Å². The SMILES string of the molecule is N#CC1C(F)CCN1c1cnccc1C(=O)O. The highest BCUT2D eigenvalue weighted by atomic mass is 19.1. The van der Waals surface area contributed by atoms with Crippen LogP contribution in [0, 0.1) is 11.3 Å². The highest BCUT2D eigenvalue weighted by Crippen LogP contribution is 2.29. The lowest BCUT2D eigenvalue weighted by molar-refractivity contribution is 0.0697. The number of hydrogen-bond acceptors (Lipinski definition) is 4. The van der Waals surface area contributed by atoms with E-state index >= 15 is 0 Å². The molecule has 2 rings (SSSR count). The molecule has 6 heteroatoms. The summed E-state index contributed by atoms with van der Waals surface area (Å²) in [6, 6.07) is 2.27. The number of anilines is 1. The number of carboxylic acid groups (broad SMARTS) is 1. The molecule has 2 unspecified atom stereocenters. The van der Waals surface area contributed by atoms with Crippen LogP contribution in [0.25, 0.3) is 0 Å². The van der Waals surface area contributed by atoms with E-state index in [2.05, 4.69) is 4.98 Å². The first-order valence-corrected chi connectivity index (χ1v) is 5.12. The lowest BCUT2D eigenvalue weighted by Crippen LogP contribution is -2.33. The molecule has 1 aliphatic heterocycles. The Labute approximate surface area is 97.1 Å². The standard InChI is InChI=1S/C11H10FN3O2/c12-8-2-4-15(9(8)5-13)10-6-14-3-1-7(10)11(16)17/h1,3,6,8-9H,2,4H2,(H,16,17). The Kier molecular flexibility index (Phi) is 2.91. The molecule has 1 aliphatic rings. The molecular formula is C11H10FN3O2. The first-order chi connectivity index (χ1) is 8.15. The topological polar surface area (TPSA) is 77.2 Å². The van der Waals surface area contributed by atoms with Crippen LogP contribution >= 0.6 is 0 Å². The predicted octanol–water partition coefficient (Wildman–Crippen LogP) is 1.22. The van der Waals surface area contributed by atoms with Crippen LogP contribution in [0.1, 0.15) is 16.8 Å². The fourth-order valence-electron chi connectivity index (χ4n) is 1.97. The van der Waals surface area contributed by atoms with Crippen molar-refractivity contribution in [3.8, 4) is 6.07 Å². The molecule has 1 saturated heterocycles. The van der Waals surface area contributed by atoms with E-state index in [9.17, 15) is 9.18 Å². The van der Waals surface area contributed by atoms with E-state index in [-0.39, 0.29) is 12.0 Å². The summed E-state index contributed by atoms with van der Waals surface area (Å²) in [6.45, 7) is 0.325. The summed E-state index contributed by atoms with van der Waals surface area (Å²) < 4.78 is 13.4. The predicted molar refractivity (Wildman–Crippen MR) is 57.5 cm³/mol. The van der Waals surface area contributed by atoms with Gasteiger partial charge in [-0.2, -0.15) is 5.26 Å². The van der Waals surface area contributed by atoms with E-state index in [1.165, 1.54) is 23.4 Å². The largest absolute Gasteiger partial charge is 0.478 e. The second kappa shape index (κ2) is 4.37. The van der Waals surface area contributed by atoms with Crippen molar-refractivity contribution >= 4 is 11.7 Å². The van der Waals surface area contributed by atoms with Gasteiger partial charge in [-0.05, 0) is 12.5 Å². The number of carbonyl (C=O) groups is 1. The quantitative estimate of drug-likeness (QED) is 0.833. The van der Waals surface area contributed by atoms with Gasteiger partial charge in [-0.25, -0.2) is 9.18 Å². The Balaban J connectivity index is 2.41. The molecule has 0 bridgehead atoms. The van der Waals surface area contributed by atoms with E-state index in [0.29, 0.717) is 12.2 Å². The maximum Gasteiger partial charge on any atom is 0.337 e. The summed E-state index contributed by atoms with van der Waals surface area (Å²) in [4.78, 5) is 16.3. The fraction of sp³-hybridized carbons (Fsp3) is 0.364. The summed E-state index contributed by atoms with van der Waals surface area (Å²) in [6.07, 6.45) is 1.69. The van der Waals surface area contributed by atoms with Crippen molar-refractivity contribution in [1.29, 1.82) is 5.26 Å². The number of hydrogen-bond donors (Lipinski definition) is 1. The minimum absolute atomic E-state index is 0.0364. The molecule has 1 aromatic rings. The van der Waals surface area contributed by atoms with Crippen molar-refractivity contribution < 1.29 is 14.3 Å². The van der Waals surface area contributed by atoms with Crippen molar-refractivity contribution in [3.63, 3.8) is 0 Å². The average molecular weight is 235 g/mol. The molecule has 0 aromatic carbocycles. The number of nitrogens with zero attached hydrogens (tertiary/aromatic N) is 3. The number of alkyl halides is 1. The minimum Gasteiger partial charge on any atom is -0.478 e. The van der Waals surface area contributed by atoms with Gasteiger partial charge in [0.15, 0.2) is 0 Å². The third-order valence-electron chi connectivity index (χ3n) is 2.80. The van der Waals surface area contributed by atoms with Crippen LogP contribution in [0.5, 0.6) is 0 Å². The van der Waals surface area contributed by atoms with Gasteiger partial charge in [-0.3, -0.25) is 4.98 Å². The van der Waals surface area contributed by atoms with Gasteiger partial charge in [0, 0.05) is 12.7 Å². The number of rotatable bonds is 2. The van der Waals surface area contributed by atoms with Gasteiger partial charge in [-0.1, -0.05) is 0 Å². The monoisotopic (exact) mass is 235 g/mol. The van der Waals surface area contributed by atoms with Crippen LogP contribution in [0.3, 0.4) is 0 Å². The molecule has 17 heavy (non-hydrogen) atoms. The van der Waals surface area contributed by atoms with E-state index in [4.69, 9.17) is 10.4 Å². The Morgan fingerprint density at radius 3 is 3.12 bits per heavy atom. The normalized spacial score (nSPS) is 23.4. The van der Waals surface area contributed by atoms with Crippen LogP contribution in [0.2, 0.25) is 0 Å². The van der Waals surface area contributed by atoms with Gasteiger partial charge in [0.1, 0.15) is 12.2 Å². The smallest absolute Gasteiger partial charge is 0.337 e. The summed E-state index contributed by atoms with van der Waals surface area (Å²) in [5.74, 6) is -1.11. The zero-order valence-corrected chi connectivity index (χ0v) is 8.88. The molecule has 2 atom stereocenters. The summed E-state index contributed by atoms with van der Waals surface area (Å²) in [7, 11) is 0. The van der Waals surface area contributed by atoms with Gasteiger partial charge in [-0.15, -0.1) is 0 Å². The summed E-state index contributed by atoms with van der Waals surface area (Å²) in [5.41, 5.74) is 0.334. The van der Waals surface area contributed by atoms with Gasteiger partial charge in [0.25, 0.3) is 0 Å². The fourth-order valence-corrected chi connectivity index (χ4v) is 1.97. The molecule has 1 fully saturated rings. The van der Waals surface area contributed by atoms with Gasteiger partial charge in [0.05, 0.1) is 23.5 Å². The molecule has 2 heterocycles. The highest BCUT2D eigenvalue weighted by molar-refractivity contribution is 5.94. The van der Waals surface area contributed by atoms with Crippen molar-refractivity contribution in [3.05, 3.63) is 24.0 Å². The first kappa shape index (κ1) is 11.3. The van der Waals surface area contributed by atoms with Crippen LogP contribution in [-0.4, -0.2) is 34.8 Å². The first-order valence-electron chi connectivity index (χ1n) is 5.12. The van der Waals surface area contributed by atoms with Crippen LogP contribution in [0.4, 0.5) is 10.1 Å². The van der Waals surface area contributed by atoms with Crippen molar-refractivity contribution in [1.82, 2.24) is 4.98 Å². The number of aromatic carboxylic acids is 1. The maximum atomic E-state index is 13.4. The zero-order valence-electron chi connectivity index (χ0n) is 8.88. The molecule has 1 aromatic heterocycles. The Morgan fingerprint density at radius 2 is 2.47 bits per heavy atom. The Bertz CT molecular complexity index is 486. The van der Waals surface area contributed by atoms with Gasteiger partial charge in [0.2, 0.25) is 0 Å². The molecule has 0 saturated carbocycles. The molecule has 0 aliphatic carbocycles. The second-order valence-electron chi connectivity index (χ2n) is 3.77. The minimum atomic E-state index is -1.25. The molecule has 0 spiro atoms.